The van der Waals surface area contributed by atoms with E-state index in [2.05, 4.69) is 10.3 Å². The normalized spacial score (nSPS) is 16.3. The first-order chi connectivity index (χ1) is 15.0. The number of carbonyl (C=O) groups excluding carboxylic acids is 1. The molecule has 0 aliphatic carbocycles. The molecule has 1 unspecified atom stereocenters. The van der Waals surface area contributed by atoms with E-state index in [9.17, 15) is 14.7 Å². The number of nitrogens with zero attached hydrogens (tertiary/aromatic N) is 3. The lowest BCUT2D eigenvalue weighted by atomic mass is 10.1. The Labute approximate surface area is 188 Å². The number of thioether (sulfide) groups is 1. The number of hydrogen-bond donors (Lipinski definition) is 2. The first-order valence-electron chi connectivity index (χ1n) is 9.73. The lowest BCUT2D eigenvalue weighted by molar-refractivity contribution is -0.121. The zero-order chi connectivity index (χ0) is 22.0. The third kappa shape index (κ3) is 4.25. The van der Waals surface area contributed by atoms with Gasteiger partial charge in [0.15, 0.2) is 0 Å². The summed E-state index contributed by atoms with van der Waals surface area (Å²) in [6.07, 6.45) is 2.37. The summed E-state index contributed by atoms with van der Waals surface area (Å²) in [7, 11) is 0. The van der Waals surface area contributed by atoms with Crippen LogP contribution in [0, 0.1) is 0 Å². The number of nitrogens with one attached hydrogen (secondary N) is 1. The number of likely N-dealkylation sites (N-methyl/N-ethyl adjacent to an activating group) is 1. The van der Waals surface area contributed by atoms with Crippen molar-refractivity contribution in [2.75, 3.05) is 18.4 Å². The van der Waals surface area contributed by atoms with E-state index >= 15 is 0 Å². The number of aliphatic hydroxyl groups excluding tert-OH is 1. The predicted molar refractivity (Wildman–Crippen MR) is 127 cm³/mol. The number of benzene rings is 1. The molecule has 0 spiro atoms. The van der Waals surface area contributed by atoms with Crippen molar-refractivity contribution in [3.63, 3.8) is 0 Å². The molecule has 3 heterocycles. The number of hydrogen-bond acceptors (Lipinski definition) is 7. The van der Waals surface area contributed by atoms with Crippen LogP contribution in [-0.4, -0.2) is 42.7 Å². The number of thiocarbonyl (C=S) groups is 1. The average Bonchev–Trinajstić information content (AvgIpc) is 3.06. The van der Waals surface area contributed by atoms with Crippen molar-refractivity contribution in [3.8, 4) is 0 Å². The quantitative estimate of drug-likeness (QED) is 0.439. The number of aromatic nitrogens is 2. The molecule has 1 amide bonds. The number of aliphatic hydroxyl groups is 1. The van der Waals surface area contributed by atoms with Crippen LogP contribution >= 0.6 is 24.0 Å². The Kier molecular flexibility index (Phi) is 6.17. The zero-order valence-corrected chi connectivity index (χ0v) is 18.3. The average molecular weight is 453 g/mol. The number of carbonyl (C=O) groups is 1. The molecule has 1 aromatic carbocycles. The Morgan fingerprint density at radius 1 is 1.19 bits per heavy atom. The summed E-state index contributed by atoms with van der Waals surface area (Å²) in [4.78, 5) is 32.3. The topological polar surface area (TPSA) is 86.9 Å². The number of amides is 1. The predicted octanol–water partition coefficient (Wildman–Crippen LogP) is 3.06. The summed E-state index contributed by atoms with van der Waals surface area (Å²) in [5, 5.41) is 13.6. The third-order valence-corrected chi connectivity index (χ3v) is 6.26. The fourth-order valence-electron chi connectivity index (χ4n) is 3.26. The Bertz CT molecular complexity index is 1240. The monoisotopic (exact) mass is 452 g/mol. The summed E-state index contributed by atoms with van der Waals surface area (Å²) in [6.45, 7) is 2.46. The Morgan fingerprint density at radius 3 is 2.65 bits per heavy atom. The maximum atomic E-state index is 13.2. The van der Waals surface area contributed by atoms with Crippen LogP contribution in [0.5, 0.6) is 0 Å². The maximum absolute atomic E-state index is 13.2. The van der Waals surface area contributed by atoms with Crippen LogP contribution in [0.25, 0.3) is 11.7 Å². The van der Waals surface area contributed by atoms with Gasteiger partial charge < -0.3 is 10.4 Å². The van der Waals surface area contributed by atoms with E-state index < -0.39 is 6.10 Å². The van der Waals surface area contributed by atoms with Crippen molar-refractivity contribution in [3.05, 3.63) is 81.1 Å². The molecular formula is C22H20N4O3S2. The fraction of sp³-hybridized carbons (Fsp3) is 0.182. The zero-order valence-electron chi connectivity index (χ0n) is 16.7. The van der Waals surface area contributed by atoms with Crippen LogP contribution in [0.4, 0.5) is 5.82 Å². The highest BCUT2D eigenvalue weighted by Crippen LogP contribution is 2.32. The van der Waals surface area contributed by atoms with Crippen molar-refractivity contribution in [1.82, 2.24) is 14.3 Å². The molecule has 1 saturated heterocycles. The molecule has 0 saturated carbocycles. The second-order valence-electron chi connectivity index (χ2n) is 6.84. The third-order valence-electron chi connectivity index (χ3n) is 4.88. The van der Waals surface area contributed by atoms with E-state index in [1.807, 2.05) is 37.3 Å². The number of rotatable bonds is 6. The summed E-state index contributed by atoms with van der Waals surface area (Å²) >= 11 is 6.43. The highest BCUT2D eigenvalue weighted by atomic mass is 32.2. The summed E-state index contributed by atoms with van der Waals surface area (Å²) in [5.74, 6) is 0.0678. The number of fused-ring (bicyclic) bond motifs is 1. The Hall–Kier alpha value is -3.01. The smallest absolute Gasteiger partial charge is 0.267 e. The van der Waals surface area contributed by atoms with Crippen molar-refractivity contribution in [1.29, 1.82) is 0 Å². The minimum Gasteiger partial charge on any atom is -0.387 e. The van der Waals surface area contributed by atoms with Crippen LogP contribution in [0.1, 0.15) is 24.2 Å². The van der Waals surface area contributed by atoms with Gasteiger partial charge in [0, 0.05) is 19.3 Å². The summed E-state index contributed by atoms with van der Waals surface area (Å²) < 4.78 is 1.88. The number of anilines is 1. The molecule has 0 bridgehead atoms. The highest BCUT2D eigenvalue weighted by Gasteiger charge is 2.31. The van der Waals surface area contributed by atoms with Crippen LogP contribution in [0.2, 0.25) is 0 Å². The lowest BCUT2D eigenvalue weighted by Crippen LogP contribution is -2.27. The van der Waals surface area contributed by atoms with Gasteiger partial charge in [-0.3, -0.25) is 18.9 Å². The van der Waals surface area contributed by atoms with Crippen molar-refractivity contribution < 1.29 is 9.90 Å². The second kappa shape index (κ2) is 9.01. The van der Waals surface area contributed by atoms with Gasteiger partial charge >= 0.3 is 0 Å². The van der Waals surface area contributed by atoms with Gasteiger partial charge in [-0.2, -0.15) is 0 Å². The maximum Gasteiger partial charge on any atom is 0.267 e. The van der Waals surface area contributed by atoms with E-state index in [0.717, 1.165) is 17.3 Å². The second-order valence-corrected chi connectivity index (χ2v) is 8.52. The van der Waals surface area contributed by atoms with E-state index in [-0.39, 0.29) is 23.6 Å². The van der Waals surface area contributed by atoms with Gasteiger partial charge in [0.25, 0.3) is 11.5 Å². The van der Waals surface area contributed by atoms with Gasteiger partial charge in [0.1, 0.15) is 15.8 Å². The van der Waals surface area contributed by atoms with Crippen LogP contribution in [-0.2, 0) is 4.79 Å². The molecule has 158 valence electrons. The van der Waals surface area contributed by atoms with E-state index in [0.29, 0.717) is 27.2 Å². The Morgan fingerprint density at radius 2 is 1.94 bits per heavy atom. The van der Waals surface area contributed by atoms with Crippen molar-refractivity contribution >= 4 is 51.7 Å². The molecular weight excluding hydrogens is 432 g/mol. The van der Waals surface area contributed by atoms with Crippen LogP contribution < -0.4 is 10.9 Å². The molecule has 1 aliphatic rings. The minimum absolute atomic E-state index is 0.149. The van der Waals surface area contributed by atoms with E-state index in [1.165, 1.54) is 15.4 Å². The van der Waals surface area contributed by atoms with E-state index in [1.54, 1.807) is 24.4 Å². The summed E-state index contributed by atoms with van der Waals surface area (Å²) in [6, 6.07) is 14.5. The van der Waals surface area contributed by atoms with Gasteiger partial charge in [-0.25, -0.2) is 4.98 Å². The molecule has 1 atom stereocenters. The molecule has 1 fully saturated rings. The van der Waals surface area contributed by atoms with Gasteiger partial charge in [-0.1, -0.05) is 60.4 Å². The molecule has 1 aliphatic heterocycles. The molecule has 3 aromatic rings. The molecule has 4 rings (SSSR count). The molecule has 2 aromatic heterocycles. The van der Waals surface area contributed by atoms with Crippen LogP contribution in [0.3, 0.4) is 0 Å². The lowest BCUT2D eigenvalue weighted by Gasteiger charge is -2.15. The molecule has 7 nitrogen and oxygen atoms in total. The van der Waals surface area contributed by atoms with Gasteiger partial charge in [-0.15, -0.1) is 0 Å². The van der Waals surface area contributed by atoms with Gasteiger partial charge in [0.2, 0.25) is 0 Å². The standard InChI is InChI=1S/C22H20N4O3S2/c1-2-25-21(29)17(31-22(25)30)12-15-19(23-13-16(27)14-8-4-3-5-9-14)24-18-10-6-7-11-26(18)20(15)28/h3-12,16,23,27H,2,13H2,1H3/b17-12-. The largest absolute Gasteiger partial charge is 0.387 e. The molecule has 31 heavy (non-hydrogen) atoms. The van der Waals surface area contributed by atoms with E-state index in [4.69, 9.17) is 12.2 Å². The first kappa shape index (κ1) is 21.2. The van der Waals surface area contributed by atoms with Crippen molar-refractivity contribution in [2.45, 2.75) is 13.0 Å². The molecule has 2 N–H and O–H groups in total. The molecule has 9 heteroatoms. The SMILES string of the molecule is CCN1C(=O)/C(=C/c2c(NCC(O)c3ccccc3)nc3ccccn3c2=O)SC1=S. The van der Waals surface area contributed by atoms with Crippen molar-refractivity contribution in [2.24, 2.45) is 0 Å². The minimum atomic E-state index is -0.789. The first-order valence-corrected chi connectivity index (χ1v) is 11.0. The van der Waals surface area contributed by atoms with Gasteiger partial charge in [-0.05, 0) is 30.7 Å². The van der Waals surface area contributed by atoms with Crippen LogP contribution in [0.15, 0.2) is 64.4 Å². The van der Waals surface area contributed by atoms with Gasteiger partial charge in [0.05, 0.1) is 16.6 Å². The Balaban J connectivity index is 1.74. The number of pyridine rings is 1. The fourth-order valence-corrected chi connectivity index (χ4v) is 4.62. The highest BCUT2D eigenvalue weighted by molar-refractivity contribution is 8.26. The molecule has 0 radical (unpaired) electrons. The summed E-state index contributed by atoms with van der Waals surface area (Å²) in [5.41, 5.74) is 1.13.